The quantitative estimate of drug-likeness (QED) is 0.506. The Morgan fingerprint density at radius 3 is 2.31 bits per heavy atom. The van der Waals surface area contributed by atoms with E-state index in [0.29, 0.717) is 32.8 Å². The zero-order valence-electron chi connectivity index (χ0n) is 18.6. The maximum atomic E-state index is 12.3. The fraction of sp³-hybridized carbons (Fsp3) is 0.391. The largest absolute Gasteiger partial charge is 0.452 e. The molecule has 1 saturated heterocycles. The predicted molar refractivity (Wildman–Crippen MR) is 118 cm³/mol. The third-order valence-corrected chi connectivity index (χ3v) is 5.23. The van der Waals surface area contributed by atoms with E-state index in [0.717, 1.165) is 22.6 Å². The Morgan fingerprint density at radius 2 is 1.66 bits per heavy atom. The van der Waals surface area contributed by atoms with Crippen LogP contribution in [0, 0.1) is 13.8 Å². The zero-order valence-corrected chi connectivity index (χ0v) is 18.6. The van der Waals surface area contributed by atoms with Crippen molar-refractivity contribution in [2.75, 3.05) is 39.4 Å². The molecule has 2 aromatic rings. The Bertz CT molecular complexity index is 991. The molecule has 0 N–H and O–H groups in total. The van der Waals surface area contributed by atoms with E-state index in [2.05, 4.69) is 5.10 Å². The Hall–Kier alpha value is -3.62. The lowest BCUT2D eigenvalue weighted by Gasteiger charge is -2.33. The zero-order chi connectivity index (χ0) is 23.1. The molecule has 0 bridgehead atoms. The van der Waals surface area contributed by atoms with Crippen LogP contribution in [0.15, 0.2) is 36.4 Å². The van der Waals surface area contributed by atoms with Crippen molar-refractivity contribution < 1.29 is 23.9 Å². The predicted octanol–water partition coefficient (Wildman–Crippen LogP) is 2.35. The van der Waals surface area contributed by atoms with E-state index in [1.165, 1.54) is 6.08 Å². The number of hydrogen-bond acceptors (Lipinski definition) is 6. The Morgan fingerprint density at radius 1 is 1.00 bits per heavy atom. The number of hydrogen-bond donors (Lipinski definition) is 0. The molecular weight excluding hydrogens is 412 g/mol. The monoisotopic (exact) mass is 440 g/mol. The number of rotatable bonds is 6. The molecule has 9 heteroatoms. The second kappa shape index (κ2) is 10.6. The number of esters is 1. The van der Waals surface area contributed by atoms with Crippen LogP contribution in [0.3, 0.4) is 0 Å². The minimum atomic E-state index is -0.602. The van der Waals surface area contributed by atoms with Crippen molar-refractivity contribution >= 4 is 24.0 Å². The normalized spacial score (nSPS) is 14.0. The molecule has 0 aliphatic carbocycles. The summed E-state index contributed by atoms with van der Waals surface area (Å²) in [5.74, 6) is -0.894. The second-order valence-corrected chi connectivity index (χ2v) is 7.34. The highest BCUT2D eigenvalue weighted by molar-refractivity contribution is 5.89. The number of amides is 2. The smallest absolute Gasteiger partial charge is 0.409 e. The summed E-state index contributed by atoms with van der Waals surface area (Å²) < 4.78 is 11.9. The van der Waals surface area contributed by atoms with E-state index < -0.39 is 5.97 Å². The number of aromatic nitrogens is 2. The van der Waals surface area contributed by atoms with Crippen LogP contribution in [0.2, 0.25) is 0 Å². The molecule has 1 aliphatic rings. The fourth-order valence-electron chi connectivity index (χ4n) is 3.49. The summed E-state index contributed by atoms with van der Waals surface area (Å²) in [7, 11) is 0. The molecule has 0 atom stereocenters. The topological polar surface area (TPSA) is 94.0 Å². The van der Waals surface area contributed by atoms with Crippen molar-refractivity contribution in [2.45, 2.75) is 20.8 Å². The highest BCUT2D eigenvalue weighted by Crippen LogP contribution is 2.19. The lowest BCUT2D eigenvalue weighted by molar-refractivity contribution is -0.148. The number of ether oxygens (including phenoxy) is 2. The number of para-hydroxylation sites is 1. The van der Waals surface area contributed by atoms with Crippen LogP contribution in [0.25, 0.3) is 11.8 Å². The lowest BCUT2D eigenvalue weighted by atomic mass is 10.2. The summed E-state index contributed by atoms with van der Waals surface area (Å²) in [5, 5.41) is 4.54. The first-order chi connectivity index (χ1) is 15.4. The van der Waals surface area contributed by atoms with Crippen LogP contribution >= 0.6 is 0 Å². The molecule has 32 heavy (non-hydrogen) atoms. The van der Waals surface area contributed by atoms with Crippen molar-refractivity contribution in [3.8, 4) is 5.69 Å². The minimum Gasteiger partial charge on any atom is -0.452 e. The standard InChI is InChI=1S/C23H28N4O5/c1-4-31-23(30)26-14-12-25(13-15-26)21(28)16-32-22(29)11-10-20-17(2)24-27(18(20)3)19-8-6-5-7-9-19/h5-11H,4,12-16H2,1-3H3/b11-10+. The van der Waals surface area contributed by atoms with E-state index in [4.69, 9.17) is 9.47 Å². The van der Waals surface area contributed by atoms with E-state index in [-0.39, 0.29) is 18.6 Å². The van der Waals surface area contributed by atoms with Gasteiger partial charge in [0.15, 0.2) is 6.61 Å². The molecule has 2 amide bonds. The number of carbonyl (C=O) groups excluding carboxylic acids is 3. The number of carbonyl (C=O) groups is 3. The van der Waals surface area contributed by atoms with Crippen LogP contribution in [0.5, 0.6) is 0 Å². The average molecular weight is 441 g/mol. The highest BCUT2D eigenvalue weighted by atomic mass is 16.6. The van der Waals surface area contributed by atoms with E-state index in [1.807, 2.05) is 48.9 Å². The number of piperazine rings is 1. The van der Waals surface area contributed by atoms with E-state index >= 15 is 0 Å². The van der Waals surface area contributed by atoms with Gasteiger partial charge in [-0.2, -0.15) is 5.10 Å². The van der Waals surface area contributed by atoms with Gasteiger partial charge in [-0.05, 0) is 39.0 Å². The lowest BCUT2D eigenvalue weighted by Crippen LogP contribution is -2.51. The Kier molecular flexibility index (Phi) is 7.64. The summed E-state index contributed by atoms with van der Waals surface area (Å²) in [6, 6.07) is 9.73. The van der Waals surface area contributed by atoms with Gasteiger partial charge >= 0.3 is 12.1 Å². The summed E-state index contributed by atoms with van der Waals surface area (Å²) in [5.41, 5.74) is 3.44. The fourth-order valence-corrected chi connectivity index (χ4v) is 3.49. The second-order valence-electron chi connectivity index (χ2n) is 7.34. The van der Waals surface area contributed by atoms with E-state index in [9.17, 15) is 14.4 Å². The van der Waals surface area contributed by atoms with Gasteiger partial charge in [-0.1, -0.05) is 18.2 Å². The summed E-state index contributed by atoms with van der Waals surface area (Å²) in [6.07, 6.45) is 2.58. The molecule has 1 aliphatic heterocycles. The van der Waals surface area contributed by atoms with E-state index in [1.54, 1.807) is 22.8 Å². The van der Waals surface area contributed by atoms with Gasteiger partial charge in [0, 0.05) is 43.5 Å². The van der Waals surface area contributed by atoms with Crippen molar-refractivity contribution in [3.05, 3.63) is 53.4 Å². The molecule has 3 rings (SSSR count). The number of nitrogens with zero attached hydrogens (tertiary/aromatic N) is 4. The maximum Gasteiger partial charge on any atom is 0.409 e. The third-order valence-electron chi connectivity index (χ3n) is 5.23. The maximum absolute atomic E-state index is 12.3. The van der Waals surface area contributed by atoms with Crippen LogP contribution < -0.4 is 0 Å². The van der Waals surface area contributed by atoms with Crippen molar-refractivity contribution in [1.82, 2.24) is 19.6 Å². The third kappa shape index (κ3) is 5.54. The van der Waals surface area contributed by atoms with Crippen LogP contribution in [0.1, 0.15) is 23.9 Å². The van der Waals surface area contributed by atoms with Gasteiger partial charge in [-0.3, -0.25) is 4.79 Å². The Balaban J connectivity index is 1.51. The van der Waals surface area contributed by atoms with Crippen molar-refractivity contribution in [3.63, 3.8) is 0 Å². The molecule has 9 nitrogen and oxygen atoms in total. The first kappa shape index (κ1) is 23.1. The molecule has 1 fully saturated rings. The Labute approximate surface area is 187 Å². The van der Waals surface area contributed by atoms with Crippen LogP contribution in [-0.4, -0.2) is 76.9 Å². The van der Waals surface area contributed by atoms with Gasteiger partial charge in [0.05, 0.1) is 18.0 Å². The van der Waals surface area contributed by atoms with Crippen LogP contribution in [-0.2, 0) is 19.1 Å². The molecule has 2 heterocycles. The van der Waals surface area contributed by atoms with Gasteiger partial charge in [0.1, 0.15) is 0 Å². The molecule has 170 valence electrons. The van der Waals surface area contributed by atoms with Gasteiger partial charge < -0.3 is 19.3 Å². The van der Waals surface area contributed by atoms with Crippen LogP contribution in [0.4, 0.5) is 4.79 Å². The van der Waals surface area contributed by atoms with Gasteiger partial charge in [-0.25, -0.2) is 14.3 Å². The molecule has 0 saturated carbocycles. The summed E-state index contributed by atoms with van der Waals surface area (Å²) in [6.45, 7) is 7.05. The highest BCUT2D eigenvalue weighted by Gasteiger charge is 2.25. The van der Waals surface area contributed by atoms with Crippen molar-refractivity contribution in [2.24, 2.45) is 0 Å². The van der Waals surface area contributed by atoms with Gasteiger partial charge in [0.2, 0.25) is 0 Å². The summed E-state index contributed by atoms with van der Waals surface area (Å²) in [4.78, 5) is 39.3. The molecule has 0 radical (unpaired) electrons. The molecule has 1 aromatic carbocycles. The molecule has 0 spiro atoms. The SMILES string of the molecule is CCOC(=O)N1CCN(C(=O)COC(=O)/C=C/c2c(C)nn(-c3ccccc3)c2C)CC1. The first-order valence-corrected chi connectivity index (χ1v) is 10.6. The van der Waals surface area contributed by atoms with Crippen molar-refractivity contribution in [1.29, 1.82) is 0 Å². The number of aryl methyl sites for hydroxylation is 1. The summed E-state index contributed by atoms with van der Waals surface area (Å²) >= 11 is 0. The number of benzene rings is 1. The minimum absolute atomic E-state index is 0.292. The van der Waals surface area contributed by atoms with Gasteiger partial charge in [0.25, 0.3) is 5.91 Å². The molecule has 0 unspecified atom stereocenters. The molecular formula is C23H28N4O5. The van der Waals surface area contributed by atoms with Gasteiger partial charge in [-0.15, -0.1) is 0 Å². The average Bonchev–Trinajstić information content (AvgIpc) is 3.10. The first-order valence-electron chi connectivity index (χ1n) is 10.6. The molecule has 1 aromatic heterocycles.